The van der Waals surface area contributed by atoms with Crippen molar-refractivity contribution in [3.63, 3.8) is 0 Å². The van der Waals surface area contributed by atoms with Crippen LogP contribution in [0.3, 0.4) is 0 Å². The molecule has 0 saturated heterocycles. The number of benzene rings is 2. The van der Waals surface area contributed by atoms with E-state index in [0.29, 0.717) is 23.9 Å². The van der Waals surface area contributed by atoms with Crippen molar-refractivity contribution >= 4 is 11.3 Å². The first kappa shape index (κ1) is 16.8. The van der Waals surface area contributed by atoms with E-state index in [-0.39, 0.29) is 6.79 Å². The molecule has 1 aliphatic rings. The smallest absolute Gasteiger partial charge is 0.233 e. The molecule has 0 spiro atoms. The number of ether oxygens (including phenoxy) is 3. The number of rotatable bonds is 5. The molecule has 0 N–H and O–H groups in total. The van der Waals surface area contributed by atoms with Crippen molar-refractivity contribution in [1.29, 1.82) is 0 Å². The minimum absolute atomic E-state index is 0.257. The van der Waals surface area contributed by atoms with Crippen LogP contribution in [0.1, 0.15) is 10.9 Å². The molecular formula is C20H15N3O4S. The molecule has 140 valence electrons. The van der Waals surface area contributed by atoms with E-state index >= 15 is 0 Å². The van der Waals surface area contributed by atoms with E-state index in [1.165, 1.54) is 0 Å². The number of methoxy groups -OCH3 is 1. The van der Waals surface area contributed by atoms with Crippen LogP contribution in [0, 0.1) is 0 Å². The van der Waals surface area contributed by atoms with Gasteiger partial charge in [0, 0.05) is 10.9 Å². The van der Waals surface area contributed by atoms with Crippen molar-refractivity contribution in [1.82, 2.24) is 15.1 Å². The van der Waals surface area contributed by atoms with E-state index in [9.17, 15) is 0 Å². The summed E-state index contributed by atoms with van der Waals surface area (Å²) in [6.45, 7) is 0.257. The molecule has 0 radical (unpaired) electrons. The van der Waals surface area contributed by atoms with Gasteiger partial charge >= 0.3 is 0 Å². The lowest BCUT2D eigenvalue weighted by Gasteiger charge is -2.02. The maximum atomic E-state index is 5.44. The molecule has 0 fully saturated rings. The van der Waals surface area contributed by atoms with Crippen LogP contribution in [-0.4, -0.2) is 29.0 Å². The van der Waals surface area contributed by atoms with Gasteiger partial charge in [0.25, 0.3) is 0 Å². The number of fused-ring (bicyclic) bond motifs is 1. The molecule has 8 heteroatoms. The van der Waals surface area contributed by atoms with Gasteiger partial charge < -0.3 is 18.7 Å². The van der Waals surface area contributed by atoms with Crippen molar-refractivity contribution in [3.05, 3.63) is 58.7 Å². The molecule has 2 aromatic heterocycles. The van der Waals surface area contributed by atoms with Gasteiger partial charge in [-0.1, -0.05) is 17.3 Å². The van der Waals surface area contributed by atoms with Crippen LogP contribution in [0.4, 0.5) is 0 Å². The number of aromatic nitrogens is 3. The summed E-state index contributed by atoms with van der Waals surface area (Å²) in [5, 5.41) is 6.97. The summed E-state index contributed by atoms with van der Waals surface area (Å²) in [7, 11) is 1.62. The second-order valence-electron chi connectivity index (χ2n) is 6.08. The quantitative estimate of drug-likeness (QED) is 0.503. The highest BCUT2D eigenvalue weighted by Gasteiger charge is 2.17. The van der Waals surface area contributed by atoms with Crippen molar-refractivity contribution < 1.29 is 18.7 Å². The highest BCUT2D eigenvalue weighted by atomic mass is 32.1. The lowest BCUT2D eigenvalue weighted by Crippen LogP contribution is -1.92. The van der Waals surface area contributed by atoms with E-state index in [4.69, 9.17) is 18.7 Å². The Morgan fingerprint density at radius 3 is 2.89 bits per heavy atom. The summed E-state index contributed by atoms with van der Waals surface area (Å²) < 4.78 is 21.6. The third-order valence-electron chi connectivity index (χ3n) is 4.34. The average molecular weight is 393 g/mol. The minimum Gasteiger partial charge on any atom is -0.496 e. The normalized spacial score (nSPS) is 12.3. The molecule has 28 heavy (non-hydrogen) atoms. The molecule has 0 bridgehead atoms. The van der Waals surface area contributed by atoms with Gasteiger partial charge in [0.05, 0.1) is 24.8 Å². The van der Waals surface area contributed by atoms with Crippen LogP contribution < -0.4 is 14.2 Å². The summed E-state index contributed by atoms with van der Waals surface area (Å²) in [4.78, 5) is 9.17. The molecule has 4 aromatic rings. The molecule has 0 amide bonds. The number of para-hydroxylation sites is 1. The molecule has 0 unspecified atom stereocenters. The fraction of sp³-hybridized carbons (Fsp3) is 0.150. The summed E-state index contributed by atoms with van der Waals surface area (Å²) in [6, 6.07) is 13.4. The Morgan fingerprint density at radius 1 is 1.07 bits per heavy atom. The highest BCUT2D eigenvalue weighted by molar-refractivity contribution is 7.10. The van der Waals surface area contributed by atoms with Gasteiger partial charge in [-0.15, -0.1) is 11.3 Å². The fourth-order valence-corrected chi connectivity index (χ4v) is 3.77. The largest absolute Gasteiger partial charge is 0.496 e. The Hall–Kier alpha value is -3.39. The highest BCUT2D eigenvalue weighted by Crippen LogP contribution is 2.36. The Balaban J connectivity index is 1.36. The van der Waals surface area contributed by atoms with Gasteiger partial charge in [-0.3, -0.25) is 0 Å². The third-order valence-corrected chi connectivity index (χ3v) is 5.19. The zero-order valence-corrected chi connectivity index (χ0v) is 15.7. The van der Waals surface area contributed by atoms with Crippen LogP contribution in [-0.2, 0) is 6.42 Å². The van der Waals surface area contributed by atoms with E-state index < -0.39 is 0 Å². The fourth-order valence-electron chi connectivity index (χ4n) is 2.98. The summed E-state index contributed by atoms with van der Waals surface area (Å²) in [5.74, 6) is 3.21. The van der Waals surface area contributed by atoms with E-state index in [2.05, 4.69) is 15.1 Å². The average Bonchev–Trinajstić information content (AvgIpc) is 3.48. The zero-order chi connectivity index (χ0) is 18.9. The minimum atomic E-state index is 0.257. The maximum Gasteiger partial charge on any atom is 0.233 e. The molecule has 2 aromatic carbocycles. The van der Waals surface area contributed by atoms with Gasteiger partial charge in [0.15, 0.2) is 11.5 Å². The van der Waals surface area contributed by atoms with Gasteiger partial charge in [0.1, 0.15) is 10.8 Å². The first-order valence-corrected chi connectivity index (χ1v) is 9.48. The van der Waals surface area contributed by atoms with Gasteiger partial charge in [-0.05, 0) is 30.3 Å². The lowest BCUT2D eigenvalue weighted by molar-refractivity contribution is 0.174. The number of thiazole rings is 1. The maximum absolute atomic E-state index is 5.44. The Morgan fingerprint density at radius 2 is 1.96 bits per heavy atom. The van der Waals surface area contributed by atoms with E-state index in [1.54, 1.807) is 18.4 Å². The Labute approximate surface area is 164 Å². The molecular weight excluding hydrogens is 378 g/mol. The molecule has 3 heterocycles. The predicted octanol–water partition coefficient (Wildman–Crippen LogP) is 4.19. The van der Waals surface area contributed by atoms with Gasteiger partial charge in [-0.2, -0.15) is 4.98 Å². The van der Waals surface area contributed by atoms with Crippen LogP contribution in [0.2, 0.25) is 0 Å². The second-order valence-corrected chi connectivity index (χ2v) is 7.03. The van der Waals surface area contributed by atoms with Crippen LogP contribution in [0.15, 0.2) is 52.4 Å². The monoisotopic (exact) mass is 393 g/mol. The number of hydrogen-bond acceptors (Lipinski definition) is 8. The molecule has 0 aliphatic carbocycles. The van der Waals surface area contributed by atoms with Crippen molar-refractivity contribution in [2.24, 2.45) is 0 Å². The SMILES string of the molecule is COc1ccccc1-c1noc(Cc2nc(-c3ccc4c(c3)OCO4)cs2)n1. The van der Waals surface area contributed by atoms with Crippen LogP contribution in [0.5, 0.6) is 17.2 Å². The standard InChI is InChI=1S/C20H15N3O4S/c1-24-15-5-3-2-4-13(15)20-22-18(27-23-20)9-19-21-14(10-28-19)12-6-7-16-17(8-12)26-11-25-16/h2-8,10H,9,11H2,1H3. The van der Waals surface area contributed by atoms with E-state index in [1.807, 2.05) is 47.8 Å². The topological polar surface area (TPSA) is 79.5 Å². The summed E-state index contributed by atoms with van der Waals surface area (Å²) >= 11 is 1.55. The van der Waals surface area contributed by atoms with Crippen molar-refractivity contribution in [2.75, 3.05) is 13.9 Å². The molecule has 1 aliphatic heterocycles. The molecule has 0 atom stereocenters. The zero-order valence-electron chi connectivity index (χ0n) is 14.9. The Kier molecular flexibility index (Phi) is 4.17. The van der Waals surface area contributed by atoms with Gasteiger partial charge in [-0.25, -0.2) is 4.98 Å². The lowest BCUT2D eigenvalue weighted by atomic mass is 10.1. The van der Waals surface area contributed by atoms with Crippen LogP contribution in [0.25, 0.3) is 22.6 Å². The van der Waals surface area contributed by atoms with E-state index in [0.717, 1.165) is 33.3 Å². The van der Waals surface area contributed by atoms with Crippen molar-refractivity contribution in [2.45, 2.75) is 6.42 Å². The van der Waals surface area contributed by atoms with Gasteiger partial charge in [0.2, 0.25) is 18.5 Å². The number of nitrogens with zero attached hydrogens (tertiary/aromatic N) is 3. The summed E-state index contributed by atoms with van der Waals surface area (Å²) in [6.07, 6.45) is 0.470. The third kappa shape index (κ3) is 3.07. The first-order valence-electron chi connectivity index (χ1n) is 8.60. The summed E-state index contributed by atoms with van der Waals surface area (Å²) in [5.41, 5.74) is 2.65. The molecule has 5 rings (SSSR count). The second kappa shape index (κ2) is 6.97. The first-order chi connectivity index (χ1) is 13.8. The molecule has 7 nitrogen and oxygen atoms in total. The predicted molar refractivity (Wildman–Crippen MR) is 103 cm³/mol. The Bertz CT molecular complexity index is 1140. The van der Waals surface area contributed by atoms with Crippen LogP contribution >= 0.6 is 11.3 Å². The van der Waals surface area contributed by atoms with Crippen molar-refractivity contribution in [3.8, 4) is 39.9 Å². The number of hydrogen-bond donors (Lipinski definition) is 0. The molecule has 0 saturated carbocycles.